The second kappa shape index (κ2) is 17.6. The van der Waals surface area contributed by atoms with Crippen molar-refractivity contribution in [3.63, 3.8) is 0 Å². The lowest BCUT2D eigenvalue weighted by atomic mass is 10.1. The normalized spacial score (nSPS) is 11.1. The van der Waals surface area contributed by atoms with E-state index in [1.807, 2.05) is 0 Å². The van der Waals surface area contributed by atoms with Crippen LogP contribution in [0.4, 0.5) is 0 Å². The summed E-state index contributed by atoms with van der Waals surface area (Å²) in [6.45, 7) is 2.26. The average molecular weight is 317 g/mol. The van der Waals surface area contributed by atoms with Crippen molar-refractivity contribution in [3.8, 4) is 0 Å². The largest absolute Gasteiger partial charge is 0.348 e. The van der Waals surface area contributed by atoms with Gasteiger partial charge in [0, 0.05) is 6.42 Å². The molecule has 0 aromatic carbocycles. The van der Waals surface area contributed by atoms with Gasteiger partial charge in [0.25, 0.3) is 0 Å². The molecule has 21 heavy (non-hydrogen) atoms. The first-order chi connectivity index (χ1) is 10.3. The molecule has 0 unspecified atom stereocenters. The van der Waals surface area contributed by atoms with Crippen LogP contribution in [0.25, 0.3) is 0 Å². The molecule has 0 N–H and O–H groups in total. The Kier molecular flexibility index (Phi) is 17.1. The third kappa shape index (κ3) is 17.4. The quantitative estimate of drug-likeness (QED) is 0.247. The molecule has 0 atom stereocenters. The number of carbonyl (C=O) groups is 1. The van der Waals surface area contributed by atoms with Gasteiger partial charge in [0.2, 0.25) is 0 Å². The van der Waals surface area contributed by atoms with Crippen LogP contribution in [-0.4, -0.2) is 5.97 Å². The highest BCUT2D eigenvalue weighted by atomic mass is 35.5. The summed E-state index contributed by atoms with van der Waals surface area (Å²) >= 11 is 4.96. The van der Waals surface area contributed by atoms with Crippen molar-refractivity contribution in [2.45, 2.75) is 96.8 Å². The Hall–Kier alpha value is -0.500. The Labute approximate surface area is 136 Å². The van der Waals surface area contributed by atoms with E-state index in [1.54, 1.807) is 0 Å². The Bertz CT molecular complexity index is 252. The van der Waals surface area contributed by atoms with E-state index in [4.69, 9.17) is 11.9 Å². The van der Waals surface area contributed by atoms with Gasteiger partial charge in [0.05, 0.1) is 0 Å². The van der Waals surface area contributed by atoms with E-state index in [2.05, 4.69) is 23.4 Å². The fraction of sp³-hybridized carbons (Fsp3) is 0.833. The first-order valence-corrected chi connectivity index (χ1v) is 9.08. The number of allylic oxidation sites excluding steroid dienone is 2. The summed E-state index contributed by atoms with van der Waals surface area (Å²) in [5, 5.41) is 0. The Morgan fingerprint density at radius 3 is 1.81 bits per heavy atom. The summed E-state index contributed by atoms with van der Waals surface area (Å²) in [5.74, 6) is -0.311. The lowest BCUT2D eigenvalue weighted by molar-refractivity contribution is -0.134. The van der Waals surface area contributed by atoms with Gasteiger partial charge in [-0.25, -0.2) is 0 Å². The van der Waals surface area contributed by atoms with Crippen LogP contribution in [-0.2, 0) is 9.08 Å². The van der Waals surface area contributed by atoms with Crippen LogP contribution in [0.1, 0.15) is 96.8 Å². The number of rotatable bonds is 15. The van der Waals surface area contributed by atoms with Crippen molar-refractivity contribution >= 4 is 17.8 Å². The van der Waals surface area contributed by atoms with E-state index < -0.39 is 0 Å². The highest BCUT2D eigenvalue weighted by molar-refractivity contribution is 6.13. The molecular weight excluding hydrogens is 284 g/mol. The minimum absolute atomic E-state index is 0.311. The third-order valence-corrected chi connectivity index (χ3v) is 3.90. The summed E-state index contributed by atoms with van der Waals surface area (Å²) in [7, 11) is 0. The molecule has 0 aliphatic carbocycles. The van der Waals surface area contributed by atoms with Gasteiger partial charge in [0.15, 0.2) is 0 Å². The zero-order chi connectivity index (χ0) is 15.6. The van der Waals surface area contributed by atoms with E-state index in [0.29, 0.717) is 6.42 Å². The van der Waals surface area contributed by atoms with Crippen molar-refractivity contribution in [1.82, 2.24) is 0 Å². The molecule has 0 aromatic rings. The van der Waals surface area contributed by atoms with Gasteiger partial charge >= 0.3 is 5.97 Å². The highest BCUT2D eigenvalue weighted by Gasteiger charge is 2.00. The summed E-state index contributed by atoms with van der Waals surface area (Å²) in [4.78, 5) is 10.8. The van der Waals surface area contributed by atoms with Crippen molar-refractivity contribution in [2.75, 3.05) is 0 Å². The maximum Gasteiger partial charge on any atom is 0.324 e. The molecule has 0 saturated heterocycles. The second-order valence-corrected chi connectivity index (χ2v) is 5.94. The van der Waals surface area contributed by atoms with Crippen molar-refractivity contribution in [2.24, 2.45) is 0 Å². The standard InChI is InChI=1S/C18H33ClO2/c1-2-3-4-5-6-7-8-9-10-11-12-13-14-15-16-17-18(20)21-19/h9-10H,2-8,11-17H2,1H3/b10-9+. The van der Waals surface area contributed by atoms with Crippen LogP contribution in [0, 0.1) is 0 Å². The number of carbonyl (C=O) groups excluding carboxylic acids is 1. The topological polar surface area (TPSA) is 26.3 Å². The molecule has 0 heterocycles. The molecule has 0 radical (unpaired) electrons. The fourth-order valence-electron chi connectivity index (χ4n) is 2.38. The van der Waals surface area contributed by atoms with E-state index in [0.717, 1.165) is 12.8 Å². The first-order valence-electron chi connectivity index (χ1n) is 8.77. The number of unbranched alkanes of at least 4 members (excludes halogenated alkanes) is 11. The Balaban J connectivity index is 3.10. The second-order valence-electron chi connectivity index (χ2n) is 5.78. The van der Waals surface area contributed by atoms with Gasteiger partial charge in [-0.05, 0) is 32.1 Å². The molecule has 0 bridgehead atoms. The van der Waals surface area contributed by atoms with E-state index in [1.165, 1.54) is 70.6 Å². The average Bonchev–Trinajstić information content (AvgIpc) is 2.50. The monoisotopic (exact) mass is 316 g/mol. The van der Waals surface area contributed by atoms with Gasteiger partial charge in [-0.1, -0.05) is 70.4 Å². The molecule has 0 aromatic heterocycles. The predicted octanol–water partition coefficient (Wildman–Crippen LogP) is 6.72. The van der Waals surface area contributed by atoms with Gasteiger partial charge in [-0.2, -0.15) is 0 Å². The van der Waals surface area contributed by atoms with Gasteiger partial charge in [0.1, 0.15) is 11.9 Å². The summed E-state index contributed by atoms with van der Waals surface area (Å²) in [6.07, 6.45) is 21.5. The summed E-state index contributed by atoms with van der Waals surface area (Å²) in [5.41, 5.74) is 0. The van der Waals surface area contributed by atoms with Crippen LogP contribution in [0.3, 0.4) is 0 Å². The van der Waals surface area contributed by atoms with Crippen molar-refractivity contribution < 1.29 is 9.08 Å². The molecule has 0 aliphatic rings. The molecular formula is C18H33ClO2. The minimum atomic E-state index is -0.311. The van der Waals surface area contributed by atoms with Crippen molar-refractivity contribution in [1.29, 1.82) is 0 Å². The number of halogens is 1. The molecule has 0 amide bonds. The van der Waals surface area contributed by atoms with E-state index in [-0.39, 0.29) is 5.97 Å². The maximum absolute atomic E-state index is 10.8. The maximum atomic E-state index is 10.8. The van der Waals surface area contributed by atoms with Crippen LogP contribution in [0.15, 0.2) is 12.2 Å². The van der Waals surface area contributed by atoms with Gasteiger partial charge in [-0.3, -0.25) is 4.79 Å². The lowest BCUT2D eigenvalue weighted by Gasteiger charge is -1.99. The van der Waals surface area contributed by atoms with E-state index in [9.17, 15) is 4.79 Å². The van der Waals surface area contributed by atoms with Crippen LogP contribution >= 0.6 is 11.9 Å². The molecule has 0 aliphatic heterocycles. The zero-order valence-electron chi connectivity index (χ0n) is 13.7. The lowest BCUT2D eigenvalue weighted by Crippen LogP contribution is -1.95. The van der Waals surface area contributed by atoms with Crippen LogP contribution < -0.4 is 0 Å². The molecule has 0 saturated carbocycles. The SMILES string of the molecule is CCCCCCCC/C=C/CCCCCCCC(=O)OCl. The molecule has 0 spiro atoms. The molecule has 2 nitrogen and oxygen atoms in total. The highest BCUT2D eigenvalue weighted by Crippen LogP contribution is 2.10. The molecule has 0 fully saturated rings. The summed E-state index contributed by atoms with van der Waals surface area (Å²) < 4.78 is 4.09. The smallest absolute Gasteiger partial charge is 0.324 e. The van der Waals surface area contributed by atoms with Crippen molar-refractivity contribution in [3.05, 3.63) is 12.2 Å². The third-order valence-electron chi connectivity index (χ3n) is 3.73. The summed E-state index contributed by atoms with van der Waals surface area (Å²) in [6, 6.07) is 0. The van der Waals surface area contributed by atoms with Gasteiger partial charge in [-0.15, -0.1) is 0 Å². The molecule has 3 heteroatoms. The number of hydrogen-bond donors (Lipinski definition) is 0. The van der Waals surface area contributed by atoms with E-state index >= 15 is 0 Å². The van der Waals surface area contributed by atoms with Crippen LogP contribution in [0.2, 0.25) is 0 Å². The number of hydrogen-bond acceptors (Lipinski definition) is 2. The first kappa shape index (κ1) is 20.5. The van der Waals surface area contributed by atoms with Gasteiger partial charge < -0.3 is 4.29 Å². The van der Waals surface area contributed by atoms with Crippen LogP contribution in [0.5, 0.6) is 0 Å². The predicted molar refractivity (Wildman–Crippen MR) is 91.4 cm³/mol. The molecule has 124 valence electrons. The zero-order valence-corrected chi connectivity index (χ0v) is 14.5. The minimum Gasteiger partial charge on any atom is -0.348 e. The Morgan fingerprint density at radius 2 is 1.29 bits per heavy atom. The fourth-order valence-corrected chi connectivity index (χ4v) is 2.46. The Morgan fingerprint density at radius 1 is 0.810 bits per heavy atom. The molecule has 0 rings (SSSR count).